The molecule has 0 aromatic heterocycles. The maximum Gasteiger partial charge on any atom is 0.0717 e. The molecular formula is C11H14N2O. The first kappa shape index (κ1) is 9.34. The van der Waals surface area contributed by atoms with Crippen molar-refractivity contribution >= 4 is 0 Å². The van der Waals surface area contributed by atoms with E-state index < -0.39 is 0 Å². The summed E-state index contributed by atoms with van der Waals surface area (Å²) in [7, 11) is 0. The van der Waals surface area contributed by atoms with Gasteiger partial charge in [-0.25, -0.2) is 0 Å². The Morgan fingerprint density at radius 2 is 1.86 bits per heavy atom. The summed E-state index contributed by atoms with van der Waals surface area (Å²) in [5, 5.41) is 7.87. The highest BCUT2D eigenvalue weighted by atomic mass is 16.5. The summed E-state index contributed by atoms with van der Waals surface area (Å²) in [4.78, 5) is 0. The molecule has 0 amide bonds. The van der Waals surface area contributed by atoms with E-state index in [0.29, 0.717) is 12.5 Å². The molecule has 0 bridgehead atoms. The number of rotatable bonds is 4. The number of benzene rings is 1. The van der Waals surface area contributed by atoms with E-state index in [-0.39, 0.29) is 0 Å². The van der Waals surface area contributed by atoms with Crippen molar-refractivity contribution in [2.24, 2.45) is 16.1 Å². The van der Waals surface area contributed by atoms with Gasteiger partial charge in [0.05, 0.1) is 26.3 Å². The molecule has 0 radical (unpaired) electrons. The first-order valence-electron chi connectivity index (χ1n) is 4.90. The Morgan fingerprint density at radius 3 is 2.57 bits per heavy atom. The van der Waals surface area contributed by atoms with Crippen LogP contribution in [-0.4, -0.2) is 19.7 Å². The van der Waals surface area contributed by atoms with Crippen LogP contribution in [0.25, 0.3) is 0 Å². The van der Waals surface area contributed by atoms with Gasteiger partial charge in [-0.3, -0.25) is 0 Å². The van der Waals surface area contributed by atoms with Gasteiger partial charge in [0.25, 0.3) is 0 Å². The minimum atomic E-state index is 0.499. The Labute approximate surface area is 83.8 Å². The quantitative estimate of drug-likeness (QED) is 0.717. The highest BCUT2D eigenvalue weighted by Crippen LogP contribution is 2.08. The Kier molecular flexibility index (Phi) is 3.24. The van der Waals surface area contributed by atoms with E-state index in [9.17, 15) is 0 Å². The normalized spacial score (nSPS) is 16.3. The van der Waals surface area contributed by atoms with Crippen molar-refractivity contribution in [1.29, 1.82) is 0 Å². The van der Waals surface area contributed by atoms with Gasteiger partial charge in [-0.1, -0.05) is 30.3 Å². The van der Waals surface area contributed by atoms with Crippen LogP contribution in [0.4, 0.5) is 0 Å². The Hall–Kier alpha value is -1.22. The number of nitrogens with zero attached hydrogens (tertiary/aromatic N) is 2. The number of azo groups is 1. The van der Waals surface area contributed by atoms with Crippen molar-refractivity contribution in [2.75, 3.05) is 19.7 Å². The van der Waals surface area contributed by atoms with Gasteiger partial charge >= 0.3 is 0 Å². The minimum Gasteiger partial charge on any atom is -0.376 e. The third kappa shape index (κ3) is 2.64. The van der Waals surface area contributed by atoms with Crippen LogP contribution in [0.15, 0.2) is 40.6 Å². The number of hydrogen-bond donors (Lipinski definition) is 0. The number of ether oxygens (including phenoxy) is 1. The van der Waals surface area contributed by atoms with Gasteiger partial charge in [0, 0.05) is 5.92 Å². The van der Waals surface area contributed by atoms with Crippen LogP contribution in [0.5, 0.6) is 0 Å². The molecule has 0 saturated heterocycles. The van der Waals surface area contributed by atoms with Crippen LogP contribution in [0.1, 0.15) is 5.56 Å². The lowest BCUT2D eigenvalue weighted by molar-refractivity contribution is 0.0952. The Balaban J connectivity index is 1.68. The van der Waals surface area contributed by atoms with Crippen molar-refractivity contribution in [2.45, 2.75) is 6.61 Å². The minimum absolute atomic E-state index is 0.499. The maximum atomic E-state index is 5.58. The molecule has 0 fully saturated rings. The molecule has 3 heteroatoms. The van der Waals surface area contributed by atoms with Gasteiger partial charge in [0.2, 0.25) is 0 Å². The fourth-order valence-corrected chi connectivity index (χ4v) is 1.43. The zero-order valence-electron chi connectivity index (χ0n) is 8.10. The van der Waals surface area contributed by atoms with E-state index in [1.54, 1.807) is 0 Å². The largest absolute Gasteiger partial charge is 0.376 e. The van der Waals surface area contributed by atoms with E-state index in [4.69, 9.17) is 4.74 Å². The van der Waals surface area contributed by atoms with Gasteiger partial charge in [0.1, 0.15) is 0 Å². The van der Waals surface area contributed by atoms with Gasteiger partial charge in [-0.05, 0) is 5.56 Å². The second-order valence-corrected chi connectivity index (χ2v) is 3.51. The molecule has 0 spiro atoms. The average molecular weight is 190 g/mol. The topological polar surface area (TPSA) is 34.0 Å². The van der Waals surface area contributed by atoms with Crippen molar-refractivity contribution < 1.29 is 4.74 Å². The van der Waals surface area contributed by atoms with Crippen molar-refractivity contribution in [3.05, 3.63) is 35.9 Å². The second-order valence-electron chi connectivity index (χ2n) is 3.51. The molecule has 0 atom stereocenters. The summed E-state index contributed by atoms with van der Waals surface area (Å²) in [6.45, 7) is 3.11. The zero-order valence-corrected chi connectivity index (χ0v) is 8.10. The van der Waals surface area contributed by atoms with Crippen molar-refractivity contribution in [3.8, 4) is 0 Å². The van der Waals surface area contributed by atoms with Crippen LogP contribution < -0.4 is 0 Å². The molecule has 1 aromatic carbocycles. The highest BCUT2D eigenvalue weighted by molar-refractivity contribution is 5.13. The molecule has 2 rings (SSSR count). The lowest BCUT2D eigenvalue weighted by atomic mass is 10.2. The van der Waals surface area contributed by atoms with E-state index >= 15 is 0 Å². The molecule has 0 unspecified atom stereocenters. The van der Waals surface area contributed by atoms with E-state index in [1.807, 2.05) is 18.2 Å². The molecule has 1 aliphatic heterocycles. The monoisotopic (exact) mass is 190 g/mol. The van der Waals surface area contributed by atoms with Crippen LogP contribution in [0.2, 0.25) is 0 Å². The van der Waals surface area contributed by atoms with Gasteiger partial charge in [-0.15, -0.1) is 0 Å². The summed E-state index contributed by atoms with van der Waals surface area (Å²) >= 11 is 0. The van der Waals surface area contributed by atoms with Gasteiger partial charge in [-0.2, -0.15) is 10.2 Å². The van der Waals surface area contributed by atoms with E-state index in [2.05, 4.69) is 22.4 Å². The van der Waals surface area contributed by atoms with E-state index in [1.165, 1.54) is 5.56 Å². The maximum absolute atomic E-state index is 5.58. The van der Waals surface area contributed by atoms with Gasteiger partial charge < -0.3 is 4.74 Å². The molecule has 0 aliphatic carbocycles. The molecular weight excluding hydrogens is 176 g/mol. The first-order valence-corrected chi connectivity index (χ1v) is 4.90. The summed E-state index contributed by atoms with van der Waals surface area (Å²) in [5.41, 5.74) is 1.22. The third-order valence-corrected chi connectivity index (χ3v) is 2.24. The molecule has 3 nitrogen and oxygen atoms in total. The average Bonchev–Trinajstić information content (AvgIpc) is 2.72. The molecule has 74 valence electrons. The fraction of sp³-hybridized carbons (Fsp3) is 0.455. The van der Waals surface area contributed by atoms with Crippen molar-refractivity contribution in [1.82, 2.24) is 0 Å². The van der Waals surface area contributed by atoms with Crippen LogP contribution in [0.3, 0.4) is 0 Å². The summed E-state index contributed by atoms with van der Waals surface area (Å²) < 4.78 is 5.58. The Morgan fingerprint density at radius 1 is 1.14 bits per heavy atom. The van der Waals surface area contributed by atoms with Gasteiger partial charge in [0.15, 0.2) is 0 Å². The van der Waals surface area contributed by atoms with Crippen LogP contribution in [0, 0.1) is 5.92 Å². The first-order chi connectivity index (χ1) is 6.95. The van der Waals surface area contributed by atoms with Crippen molar-refractivity contribution in [3.63, 3.8) is 0 Å². The molecule has 0 saturated carbocycles. The fourth-order valence-electron chi connectivity index (χ4n) is 1.43. The number of hydrogen-bond acceptors (Lipinski definition) is 3. The summed E-state index contributed by atoms with van der Waals surface area (Å²) in [6, 6.07) is 10.2. The standard InChI is InChI=1S/C11H14N2O/c1-2-4-10(5-3-1)8-14-9-11-6-12-13-7-11/h1-5,11H,6-9H2. The molecule has 1 aliphatic rings. The molecule has 1 aromatic rings. The Bertz CT molecular complexity index is 289. The lowest BCUT2D eigenvalue weighted by Crippen LogP contribution is -2.12. The predicted molar refractivity (Wildman–Crippen MR) is 54.2 cm³/mol. The molecule has 0 N–H and O–H groups in total. The smallest absolute Gasteiger partial charge is 0.0717 e. The second kappa shape index (κ2) is 4.86. The lowest BCUT2D eigenvalue weighted by Gasteiger charge is -2.07. The van der Waals surface area contributed by atoms with Crippen LogP contribution in [-0.2, 0) is 11.3 Å². The third-order valence-electron chi connectivity index (χ3n) is 2.24. The molecule has 1 heterocycles. The van der Waals surface area contributed by atoms with Crippen LogP contribution >= 0.6 is 0 Å². The zero-order chi connectivity index (χ0) is 9.64. The summed E-state index contributed by atoms with van der Waals surface area (Å²) in [6.07, 6.45) is 0. The van der Waals surface area contributed by atoms with E-state index in [0.717, 1.165) is 19.7 Å². The SMILES string of the molecule is c1ccc(COCC2CN=NC2)cc1. The predicted octanol–water partition coefficient (Wildman–Crippen LogP) is 2.29. The highest BCUT2D eigenvalue weighted by Gasteiger charge is 2.12. The summed E-state index contributed by atoms with van der Waals surface area (Å²) in [5.74, 6) is 0.499. The molecule has 14 heavy (non-hydrogen) atoms.